The van der Waals surface area contributed by atoms with Crippen LogP contribution in [0, 0.1) is 5.92 Å². The van der Waals surface area contributed by atoms with E-state index in [-0.39, 0.29) is 18.6 Å². The molecule has 0 saturated carbocycles. The van der Waals surface area contributed by atoms with Crippen LogP contribution in [0.4, 0.5) is 0 Å². The van der Waals surface area contributed by atoms with E-state index < -0.39 is 0 Å². The van der Waals surface area contributed by atoms with E-state index in [1.54, 1.807) is 0 Å². The highest BCUT2D eigenvalue weighted by atomic mass is 16.5. The number of carbonyl (C=O) groups excluding carboxylic acids is 1. The van der Waals surface area contributed by atoms with Gasteiger partial charge in [0.2, 0.25) is 0 Å². The molecule has 25 heavy (non-hydrogen) atoms. The molecule has 3 nitrogen and oxygen atoms in total. The highest BCUT2D eigenvalue weighted by molar-refractivity contribution is 5.78. The lowest BCUT2D eigenvalue weighted by molar-refractivity contribution is -0.124. The third-order valence-electron chi connectivity index (χ3n) is 4.14. The molecule has 2 aromatic rings. The van der Waals surface area contributed by atoms with E-state index in [0.717, 1.165) is 23.3 Å². The van der Waals surface area contributed by atoms with Crippen molar-refractivity contribution < 1.29 is 9.53 Å². The second-order valence-electron chi connectivity index (χ2n) is 7.14. The van der Waals surface area contributed by atoms with Gasteiger partial charge in [-0.15, -0.1) is 0 Å². The average Bonchev–Trinajstić information content (AvgIpc) is 2.60. The molecule has 0 aliphatic carbocycles. The van der Waals surface area contributed by atoms with Gasteiger partial charge in [-0.25, -0.2) is 0 Å². The maximum atomic E-state index is 12.4. The summed E-state index contributed by atoms with van der Waals surface area (Å²) < 4.78 is 5.79. The zero-order valence-corrected chi connectivity index (χ0v) is 15.7. The number of hydrogen-bond acceptors (Lipinski definition) is 2. The summed E-state index contributed by atoms with van der Waals surface area (Å²) in [5, 5.41) is 3.12. The van der Waals surface area contributed by atoms with Gasteiger partial charge in [-0.05, 0) is 35.4 Å². The molecule has 0 bridgehead atoms. The normalized spacial score (nSPS) is 12.2. The smallest absolute Gasteiger partial charge is 0.258 e. The summed E-state index contributed by atoms with van der Waals surface area (Å²) in [6.07, 6.45) is 0.901. The lowest BCUT2D eigenvalue weighted by Crippen LogP contribution is -2.33. The maximum Gasteiger partial charge on any atom is 0.258 e. The van der Waals surface area contributed by atoms with E-state index >= 15 is 0 Å². The molecule has 0 heterocycles. The fourth-order valence-electron chi connectivity index (χ4n) is 2.90. The van der Waals surface area contributed by atoms with E-state index in [4.69, 9.17) is 4.74 Å². The fraction of sp³-hybridized carbons (Fsp3) is 0.409. The Morgan fingerprint density at radius 3 is 2.24 bits per heavy atom. The summed E-state index contributed by atoms with van der Waals surface area (Å²) in [6, 6.07) is 18.0. The number of ether oxygens (including phenoxy) is 1. The molecule has 3 heteroatoms. The second-order valence-corrected chi connectivity index (χ2v) is 7.14. The molecular formula is C22H29NO2. The number of carbonyl (C=O) groups is 1. The van der Waals surface area contributed by atoms with E-state index in [0.29, 0.717) is 11.8 Å². The largest absolute Gasteiger partial charge is 0.483 e. The fourth-order valence-corrected chi connectivity index (χ4v) is 2.90. The van der Waals surface area contributed by atoms with Gasteiger partial charge in [0.1, 0.15) is 5.75 Å². The zero-order valence-electron chi connectivity index (χ0n) is 15.7. The summed E-state index contributed by atoms with van der Waals surface area (Å²) in [7, 11) is 0. The molecule has 0 radical (unpaired) electrons. The van der Waals surface area contributed by atoms with Crippen LogP contribution in [-0.2, 0) is 4.79 Å². The summed E-state index contributed by atoms with van der Waals surface area (Å²) in [4.78, 5) is 12.4. The quantitative estimate of drug-likeness (QED) is 0.727. The molecule has 2 rings (SSSR count). The first-order chi connectivity index (χ1) is 12.0. The Kier molecular flexibility index (Phi) is 7.05. The summed E-state index contributed by atoms with van der Waals surface area (Å²) in [6.45, 7) is 8.60. The van der Waals surface area contributed by atoms with Crippen LogP contribution >= 0.6 is 0 Å². The number of amides is 1. The third-order valence-corrected chi connectivity index (χ3v) is 4.14. The van der Waals surface area contributed by atoms with Crippen molar-refractivity contribution in [2.45, 2.75) is 46.1 Å². The minimum Gasteiger partial charge on any atom is -0.483 e. The van der Waals surface area contributed by atoms with Crippen LogP contribution in [0.5, 0.6) is 5.75 Å². The van der Waals surface area contributed by atoms with Crippen molar-refractivity contribution >= 4 is 5.91 Å². The van der Waals surface area contributed by atoms with Gasteiger partial charge >= 0.3 is 0 Å². The predicted octanol–water partition coefficient (Wildman–Crippen LogP) is 5.09. The number of benzene rings is 2. The first kappa shape index (κ1) is 19.0. The summed E-state index contributed by atoms with van der Waals surface area (Å²) in [5.41, 5.74) is 2.25. The predicted molar refractivity (Wildman–Crippen MR) is 103 cm³/mol. The first-order valence-electron chi connectivity index (χ1n) is 9.03. The standard InChI is InChI=1S/C22H29NO2/c1-16(2)14-20(18-10-6-5-7-11-18)23-22(24)15-25-21-13-9-8-12-19(21)17(3)4/h5-13,16-17,20H,14-15H2,1-4H3,(H,23,24). The Morgan fingerprint density at radius 1 is 0.960 bits per heavy atom. The van der Waals surface area contributed by atoms with Crippen LogP contribution in [-0.4, -0.2) is 12.5 Å². The highest BCUT2D eigenvalue weighted by Gasteiger charge is 2.17. The molecule has 134 valence electrons. The van der Waals surface area contributed by atoms with Crippen LogP contribution in [0.3, 0.4) is 0 Å². The molecule has 0 spiro atoms. The van der Waals surface area contributed by atoms with Crippen LogP contribution in [0.25, 0.3) is 0 Å². The van der Waals surface area contributed by atoms with Gasteiger partial charge in [0.15, 0.2) is 6.61 Å². The molecule has 0 aromatic heterocycles. The van der Waals surface area contributed by atoms with E-state index in [9.17, 15) is 4.79 Å². The minimum atomic E-state index is -0.0898. The molecule has 0 fully saturated rings. The van der Waals surface area contributed by atoms with E-state index in [2.05, 4.69) is 45.1 Å². The van der Waals surface area contributed by atoms with Crippen LogP contribution in [0.15, 0.2) is 54.6 Å². The zero-order chi connectivity index (χ0) is 18.2. The number of hydrogen-bond donors (Lipinski definition) is 1. The number of nitrogens with one attached hydrogen (secondary N) is 1. The number of rotatable bonds is 8. The molecular weight excluding hydrogens is 310 g/mol. The molecule has 1 atom stereocenters. The Hall–Kier alpha value is -2.29. The first-order valence-corrected chi connectivity index (χ1v) is 9.03. The molecule has 0 aliphatic rings. The van der Waals surface area contributed by atoms with Gasteiger partial charge < -0.3 is 10.1 Å². The van der Waals surface area contributed by atoms with Crippen molar-refractivity contribution in [3.8, 4) is 5.75 Å². The van der Waals surface area contributed by atoms with Crippen molar-refractivity contribution in [1.82, 2.24) is 5.32 Å². The Morgan fingerprint density at radius 2 is 1.60 bits per heavy atom. The minimum absolute atomic E-state index is 0.0117. The van der Waals surface area contributed by atoms with Gasteiger partial charge in [-0.3, -0.25) is 4.79 Å². The van der Waals surface area contributed by atoms with Crippen molar-refractivity contribution in [3.05, 3.63) is 65.7 Å². The Labute approximate surface area is 151 Å². The molecule has 1 amide bonds. The molecule has 2 aromatic carbocycles. The second kappa shape index (κ2) is 9.26. The van der Waals surface area contributed by atoms with Crippen molar-refractivity contribution in [3.63, 3.8) is 0 Å². The van der Waals surface area contributed by atoms with Gasteiger partial charge in [0.25, 0.3) is 5.91 Å². The summed E-state index contributed by atoms with van der Waals surface area (Å²) in [5.74, 6) is 1.55. The Bertz CT molecular complexity index is 665. The van der Waals surface area contributed by atoms with E-state index in [1.165, 1.54) is 0 Å². The van der Waals surface area contributed by atoms with E-state index in [1.807, 2.05) is 42.5 Å². The van der Waals surface area contributed by atoms with Gasteiger partial charge in [-0.1, -0.05) is 76.2 Å². The summed E-state index contributed by atoms with van der Waals surface area (Å²) >= 11 is 0. The van der Waals surface area contributed by atoms with Crippen molar-refractivity contribution in [1.29, 1.82) is 0 Å². The van der Waals surface area contributed by atoms with Crippen LogP contribution in [0.1, 0.15) is 57.2 Å². The van der Waals surface area contributed by atoms with Crippen molar-refractivity contribution in [2.24, 2.45) is 5.92 Å². The lowest BCUT2D eigenvalue weighted by Gasteiger charge is -2.21. The third kappa shape index (κ3) is 5.93. The molecule has 0 aliphatic heterocycles. The highest BCUT2D eigenvalue weighted by Crippen LogP contribution is 2.26. The average molecular weight is 339 g/mol. The van der Waals surface area contributed by atoms with Gasteiger partial charge in [-0.2, -0.15) is 0 Å². The SMILES string of the molecule is CC(C)CC(NC(=O)COc1ccccc1C(C)C)c1ccccc1. The Balaban J connectivity index is 2.00. The molecule has 1 N–H and O–H groups in total. The van der Waals surface area contributed by atoms with Crippen LogP contribution in [0.2, 0.25) is 0 Å². The number of para-hydroxylation sites is 1. The van der Waals surface area contributed by atoms with Crippen molar-refractivity contribution in [2.75, 3.05) is 6.61 Å². The maximum absolute atomic E-state index is 12.4. The van der Waals surface area contributed by atoms with Crippen LogP contribution < -0.4 is 10.1 Å². The lowest BCUT2D eigenvalue weighted by atomic mass is 9.97. The topological polar surface area (TPSA) is 38.3 Å². The van der Waals surface area contributed by atoms with Gasteiger partial charge in [0.05, 0.1) is 6.04 Å². The monoisotopic (exact) mass is 339 g/mol. The molecule has 1 unspecified atom stereocenters. The van der Waals surface area contributed by atoms with Gasteiger partial charge in [0, 0.05) is 0 Å². The molecule has 0 saturated heterocycles.